The summed E-state index contributed by atoms with van der Waals surface area (Å²) in [5, 5.41) is 23.6. The van der Waals surface area contributed by atoms with Gasteiger partial charge < -0.3 is 15.0 Å². The molecule has 9 heteroatoms. The van der Waals surface area contributed by atoms with Crippen molar-refractivity contribution in [1.29, 1.82) is 5.26 Å². The van der Waals surface area contributed by atoms with Crippen molar-refractivity contribution in [2.24, 2.45) is 0 Å². The van der Waals surface area contributed by atoms with Gasteiger partial charge in [-0.15, -0.1) is 0 Å². The number of aromatic carboxylic acids is 1. The monoisotopic (exact) mass is 506 g/mol. The predicted molar refractivity (Wildman–Crippen MR) is 120 cm³/mol. The molecular formula is C21H17BrCl2N4O2. The van der Waals surface area contributed by atoms with Gasteiger partial charge in [0.1, 0.15) is 6.07 Å². The van der Waals surface area contributed by atoms with Crippen molar-refractivity contribution in [3.63, 3.8) is 0 Å². The molecule has 6 nitrogen and oxygen atoms in total. The zero-order valence-electron chi connectivity index (χ0n) is 16.0. The van der Waals surface area contributed by atoms with E-state index in [2.05, 4.69) is 32.3 Å². The summed E-state index contributed by atoms with van der Waals surface area (Å²) in [6.07, 6.45) is 0. The number of hydrogen-bond donors (Lipinski definition) is 2. The van der Waals surface area contributed by atoms with Crippen molar-refractivity contribution in [2.75, 3.05) is 5.32 Å². The molecule has 2 N–H and O–H groups in total. The molecule has 0 amide bonds. The number of benzene rings is 2. The molecule has 1 aromatic heterocycles. The van der Waals surface area contributed by atoms with Gasteiger partial charge in [-0.05, 0) is 65.7 Å². The molecule has 0 aliphatic heterocycles. The van der Waals surface area contributed by atoms with Crippen molar-refractivity contribution in [1.82, 2.24) is 9.55 Å². The van der Waals surface area contributed by atoms with Crippen molar-refractivity contribution >= 4 is 50.8 Å². The summed E-state index contributed by atoms with van der Waals surface area (Å²) in [5.41, 5.74) is 1.96. The minimum Gasteiger partial charge on any atom is -0.476 e. The van der Waals surface area contributed by atoms with Crippen LogP contribution < -0.4 is 5.32 Å². The summed E-state index contributed by atoms with van der Waals surface area (Å²) >= 11 is 15.6. The van der Waals surface area contributed by atoms with Crippen LogP contribution in [0.15, 0.2) is 47.2 Å². The third-order valence-corrected chi connectivity index (χ3v) is 5.55. The van der Waals surface area contributed by atoms with Gasteiger partial charge in [-0.25, -0.2) is 9.78 Å². The quantitative estimate of drug-likeness (QED) is 0.408. The maximum atomic E-state index is 12.0. The van der Waals surface area contributed by atoms with Crippen LogP contribution in [0.5, 0.6) is 0 Å². The first-order valence-electron chi connectivity index (χ1n) is 8.95. The van der Waals surface area contributed by atoms with E-state index >= 15 is 0 Å². The van der Waals surface area contributed by atoms with Crippen molar-refractivity contribution in [3.8, 4) is 6.07 Å². The molecule has 1 atom stereocenters. The van der Waals surface area contributed by atoms with Crippen LogP contribution in [0.4, 0.5) is 5.69 Å². The molecule has 0 saturated carbocycles. The van der Waals surface area contributed by atoms with Gasteiger partial charge in [0, 0.05) is 16.1 Å². The first kappa shape index (κ1) is 22.2. The molecular weight excluding hydrogens is 491 g/mol. The van der Waals surface area contributed by atoms with Crippen LogP contribution in [0.2, 0.25) is 10.0 Å². The minimum absolute atomic E-state index is 0.0821. The number of nitriles is 1. The number of carboxylic acids is 1. The maximum absolute atomic E-state index is 12.0. The first-order chi connectivity index (χ1) is 14.2. The van der Waals surface area contributed by atoms with E-state index in [1.165, 1.54) is 0 Å². The number of nitrogens with one attached hydrogen (secondary N) is 1. The summed E-state index contributed by atoms with van der Waals surface area (Å²) < 4.78 is 2.20. The molecule has 0 radical (unpaired) electrons. The zero-order valence-corrected chi connectivity index (χ0v) is 19.1. The fourth-order valence-corrected chi connectivity index (χ4v) is 4.27. The van der Waals surface area contributed by atoms with Crippen LogP contribution in [0.3, 0.4) is 0 Å². The summed E-state index contributed by atoms with van der Waals surface area (Å²) in [5.74, 6) is -1.16. The van der Waals surface area contributed by atoms with Crippen LogP contribution in [-0.2, 0) is 0 Å². The summed E-state index contributed by atoms with van der Waals surface area (Å²) in [6, 6.07) is 13.3. The topological polar surface area (TPSA) is 90.9 Å². The van der Waals surface area contributed by atoms with Crippen LogP contribution >= 0.6 is 39.1 Å². The van der Waals surface area contributed by atoms with E-state index in [9.17, 15) is 15.2 Å². The number of carboxylic acid groups (broad SMARTS) is 1. The number of aromatic nitrogens is 2. The Morgan fingerprint density at radius 2 is 1.83 bits per heavy atom. The van der Waals surface area contributed by atoms with E-state index in [0.717, 1.165) is 5.56 Å². The highest BCUT2D eigenvalue weighted by Crippen LogP contribution is 2.35. The lowest BCUT2D eigenvalue weighted by atomic mass is 10.00. The Kier molecular flexibility index (Phi) is 6.71. The summed E-state index contributed by atoms with van der Waals surface area (Å²) in [4.78, 5) is 16.2. The van der Waals surface area contributed by atoms with E-state index < -0.39 is 12.0 Å². The second-order valence-electron chi connectivity index (χ2n) is 6.81. The third kappa shape index (κ3) is 4.46. The van der Waals surface area contributed by atoms with Crippen molar-refractivity contribution < 1.29 is 9.90 Å². The van der Waals surface area contributed by atoms with E-state index in [-0.39, 0.29) is 11.7 Å². The number of rotatable bonds is 6. The van der Waals surface area contributed by atoms with E-state index in [0.29, 0.717) is 31.7 Å². The Morgan fingerprint density at radius 1 is 1.20 bits per heavy atom. The molecule has 3 aromatic rings. The van der Waals surface area contributed by atoms with Crippen LogP contribution in [-0.4, -0.2) is 20.6 Å². The van der Waals surface area contributed by atoms with Gasteiger partial charge in [0.15, 0.2) is 10.4 Å². The molecule has 0 saturated heterocycles. The lowest BCUT2D eigenvalue weighted by molar-refractivity contribution is 0.0689. The number of nitrogens with zero attached hydrogens (tertiary/aromatic N) is 3. The number of halogens is 3. The van der Waals surface area contributed by atoms with Crippen molar-refractivity contribution in [2.45, 2.75) is 25.9 Å². The Bertz CT molecular complexity index is 1140. The number of anilines is 1. The molecule has 0 fully saturated rings. The molecule has 30 heavy (non-hydrogen) atoms. The van der Waals surface area contributed by atoms with Gasteiger partial charge in [-0.1, -0.05) is 35.3 Å². The Morgan fingerprint density at radius 3 is 2.40 bits per heavy atom. The third-order valence-electron chi connectivity index (χ3n) is 4.50. The van der Waals surface area contributed by atoms with E-state index in [1.807, 2.05) is 13.8 Å². The second-order valence-corrected chi connectivity index (χ2v) is 8.40. The molecule has 0 bridgehead atoms. The molecule has 154 valence electrons. The molecule has 2 aromatic carbocycles. The first-order valence-corrected chi connectivity index (χ1v) is 10.5. The lowest BCUT2D eigenvalue weighted by Gasteiger charge is -2.25. The predicted octanol–water partition coefficient (Wildman–Crippen LogP) is 6.30. The van der Waals surface area contributed by atoms with Gasteiger partial charge in [0.2, 0.25) is 0 Å². The van der Waals surface area contributed by atoms with Gasteiger partial charge >= 0.3 is 5.97 Å². The van der Waals surface area contributed by atoms with Crippen LogP contribution in [0.25, 0.3) is 0 Å². The summed E-state index contributed by atoms with van der Waals surface area (Å²) in [6.45, 7) is 3.86. The van der Waals surface area contributed by atoms with Crippen molar-refractivity contribution in [3.05, 3.63) is 79.8 Å². The molecule has 1 unspecified atom stereocenters. The van der Waals surface area contributed by atoms with Gasteiger partial charge in [0.05, 0.1) is 23.0 Å². The standard InChI is InChI=1S/C21H17BrCl2N4O2/c1-11(2)28-19(18(20(29)30)27-21(28)22)17(12-3-6-14(23)7-4-12)26-16-9-15(24)8-5-13(16)10-25/h3-9,11,17,26H,1-2H3,(H,29,30). The number of imidazole rings is 1. The molecule has 3 rings (SSSR count). The average molecular weight is 508 g/mol. The Labute approximate surface area is 192 Å². The fourth-order valence-electron chi connectivity index (χ4n) is 3.19. The smallest absolute Gasteiger partial charge is 0.356 e. The SMILES string of the molecule is CC(C)n1c(Br)nc(C(=O)O)c1C(Nc1cc(Cl)ccc1C#N)c1ccc(Cl)cc1. The Hall–Kier alpha value is -2.53. The Balaban J connectivity index is 2.27. The van der Waals surface area contributed by atoms with Gasteiger partial charge in [-0.2, -0.15) is 5.26 Å². The zero-order chi connectivity index (χ0) is 22.0. The van der Waals surface area contributed by atoms with Gasteiger partial charge in [-0.3, -0.25) is 0 Å². The largest absolute Gasteiger partial charge is 0.476 e. The average Bonchev–Trinajstić information content (AvgIpc) is 3.04. The number of hydrogen-bond acceptors (Lipinski definition) is 4. The molecule has 0 aliphatic carbocycles. The second kappa shape index (κ2) is 9.09. The highest BCUT2D eigenvalue weighted by atomic mass is 79.9. The van der Waals surface area contributed by atoms with Gasteiger partial charge in [0.25, 0.3) is 0 Å². The van der Waals surface area contributed by atoms with Crippen LogP contribution in [0, 0.1) is 11.3 Å². The lowest BCUT2D eigenvalue weighted by Crippen LogP contribution is -2.21. The summed E-state index contributed by atoms with van der Waals surface area (Å²) in [7, 11) is 0. The highest BCUT2D eigenvalue weighted by Gasteiger charge is 2.30. The molecule has 0 spiro atoms. The molecule has 0 aliphatic rings. The number of carbonyl (C=O) groups is 1. The maximum Gasteiger partial charge on any atom is 0.356 e. The molecule has 1 heterocycles. The van der Waals surface area contributed by atoms with E-state index in [1.54, 1.807) is 47.0 Å². The van der Waals surface area contributed by atoms with E-state index in [4.69, 9.17) is 23.2 Å². The van der Waals surface area contributed by atoms with Crippen LogP contribution in [0.1, 0.15) is 53.2 Å². The fraction of sp³-hybridized carbons (Fsp3) is 0.190. The highest BCUT2D eigenvalue weighted by molar-refractivity contribution is 9.10. The normalized spacial score (nSPS) is 11.9. The minimum atomic E-state index is -1.16.